The van der Waals surface area contributed by atoms with Crippen LogP contribution in [-0.2, 0) is 4.79 Å². The lowest BCUT2D eigenvalue weighted by atomic mass is 9.99. The zero-order valence-corrected chi connectivity index (χ0v) is 15.9. The second-order valence-electron chi connectivity index (χ2n) is 6.67. The third kappa shape index (κ3) is 4.37. The lowest BCUT2D eigenvalue weighted by molar-refractivity contribution is -0.114. The summed E-state index contributed by atoms with van der Waals surface area (Å²) < 4.78 is 5.20. The molecule has 0 bridgehead atoms. The van der Waals surface area contributed by atoms with Gasteiger partial charge in [0.2, 0.25) is 5.91 Å². The van der Waals surface area contributed by atoms with Gasteiger partial charge in [0.05, 0.1) is 7.11 Å². The maximum Gasteiger partial charge on any atom is 0.254 e. The number of hydrogen-bond acceptors (Lipinski definition) is 3. The zero-order valence-electron chi connectivity index (χ0n) is 15.9. The van der Waals surface area contributed by atoms with Crippen LogP contribution in [0.15, 0.2) is 48.5 Å². The fourth-order valence-corrected chi connectivity index (χ4v) is 3.18. The topological polar surface area (TPSA) is 58.6 Å². The highest BCUT2D eigenvalue weighted by Crippen LogP contribution is 2.26. The van der Waals surface area contributed by atoms with Crippen molar-refractivity contribution < 1.29 is 14.3 Å². The van der Waals surface area contributed by atoms with Crippen LogP contribution < -0.4 is 10.1 Å². The van der Waals surface area contributed by atoms with E-state index in [0.717, 1.165) is 23.3 Å². The number of ether oxygens (including phenoxy) is 1. The summed E-state index contributed by atoms with van der Waals surface area (Å²) in [6.45, 7) is 4.61. The summed E-state index contributed by atoms with van der Waals surface area (Å²) in [4.78, 5) is 26.0. The summed E-state index contributed by atoms with van der Waals surface area (Å²) >= 11 is 0. The minimum absolute atomic E-state index is 0.0216. The summed E-state index contributed by atoms with van der Waals surface area (Å²) in [6, 6.07) is 13.4. The molecule has 0 fully saturated rings. The fraction of sp³-hybridized carbons (Fsp3) is 0.273. The van der Waals surface area contributed by atoms with Gasteiger partial charge in [-0.3, -0.25) is 9.59 Å². The predicted octanol–water partition coefficient (Wildman–Crippen LogP) is 3.89. The van der Waals surface area contributed by atoms with Crippen LogP contribution in [0.2, 0.25) is 0 Å². The third-order valence-electron chi connectivity index (χ3n) is 4.75. The molecule has 2 amide bonds. The number of benzene rings is 2. The van der Waals surface area contributed by atoms with E-state index in [1.165, 1.54) is 12.5 Å². The molecule has 1 aliphatic heterocycles. The largest absolute Gasteiger partial charge is 0.497 e. The lowest BCUT2D eigenvalue weighted by Gasteiger charge is -2.27. The Morgan fingerprint density at radius 2 is 1.85 bits per heavy atom. The van der Waals surface area contributed by atoms with Crippen molar-refractivity contribution in [2.75, 3.05) is 25.5 Å². The van der Waals surface area contributed by atoms with Crippen molar-refractivity contribution in [1.29, 1.82) is 0 Å². The van der Waals surface area contributed by atoms with E-state index in [-0.39, 0.29) is 11.8 Å². The number of anilines is 1. The van der Waals surface area contributed by atoms with Gasteiger partial charge in [0.25, 0.3) is 5.91 Å². The van der Waals surface area contributed by atoms with Crippen molar-refractivity contribution in [1.82, 2.24) is 4.90 Å². The van der Waals surface area contributed by atoms with Gasteiger partial charge in [0.1, 0.15) is 5.75 Å². The van der Waals surface area contributed by atoms with Crippen molar-refractivity contribution in [3.8, 4) is 5.75 Å². The molecule has 1 aliphatic rings. The molecular formula is C22H24N2O3. The number of carbonyl (C=O) groups excluding carboxylic acids is 2. The van der Waals surface area contributed by atoms with Gasteiger partial charge < -0.3 is 15.0 Å². The van der Waals surface area contributed by atoms with Gasteiger partial charge in [0, 0.05) is 31.3 Å². The lowest BCUT2D eigenvalue weighted by Crippen LogP contribution is -2.34. The standard InChI is InChI=1S/C22H24N2O3/c1-15-4-5-19(14-21(15)23-16(2)25)22(26)24-12-10-18(11-13-24)17-6-8-20(27-3)9-7-17/h4-10,14H,11-13H2,1-3H3,(H,23,25). The predicted molar refractivity (Wildman–Crippen MR) is 107 cm³/mol. The van der Waals surface area contributed by atoms with Crippen LogP contribution in [0.25, 0.3) is 5.57 Å². The summed E-state index contributed by atoms with van der Waals surface area (Å²) in [5, 5.41) is 2.78. The van der Waals surface area contributed by atoms with Crippen molar-refractivity contribution >= 4 is 23.1 Å². The Morgan fingerprint density at radius 1 is 1.11 bits per heavy atom. The van der Waals surface area contributed by atoms with Crippen LogP contribution >= 0.6 is 0 Å². The molecule has 0 unspecified atom stereocenters. The molecule has 1 heterocycles. The molecular weight excluding hydrogens is 340 g/mol. The number of hydrogen-bond donors (Lipinski definition) is 1. The number of nitrogens with one attached hydrogen (secondary N) is 1. The van der Waals surface area contributed by atoms with Crippen LogP contribution in [0.4, 0.5) is 5.69 Å². The molecule has 5 heteroatoms. The number of carbonyl (C=O) groups is 2. The number of amides is 2. The van der Waals surface area contributed by atoms with Crippen molar-refractivity contribution in [3.05, 3.63) is 65.2 Å². The Balaban J connectivity index is 1.72. The van der Waals surface area contributed by atoms with Crippen molar-refractivity contribution in [2.24, 2.45) is 0 Å². The van der Waals surface area contributed by atoms with Crippen LogP contribution in [0.1, 0.15) is 34.8 Å². The number of nitrogens with zero attached hydrogens (tertiary/aromatic N) is 1. The average Bonchev–Trinajstić information content (AvgIpc) is 2.69. The van der Waals surface area contributed by atoms with E-state index in [0.29, 0.717) is 24.3 Å². The smallest absolute Gasteiger partial charge is 0.254 e. The minimum Gasteiger partial charge on any atom is -0.497 e. The van der Waals surface area contributed by atoms with Gasteiger partial charge in [-0.25, -0.2) is 0 Å². The van der Waals surface area contributed by atoms with Crippen molar-refractivity contribution in [3.63, 3.8) is 0 Å². The van der Waals surface area contributed by atoms with E-state index >= 15 is 0 Å². The van der Waals surface area contributed by atoms with Gasteiger partial charge in [0.15, 0.2) is 0 Å². The van der Waals surface area contributed by atoms with Gasteiger partial charge in [-0.05, 0) is 54.3 Å². The third-order valence-corrected chi connectivity index (χ3v) is 4.75. The molecule has 0 aromatic heterocycles. The molecule has 0 aliphatic carbocycles. The normalized spacial score (nSPS) is 13.7. The van der Waals surface area contributed by atoms with E-state index in [4.69, 9.17) is 4.74 Å². The monoisotopic (exact) mass is 364 g/mol. The Bertz CT molecular complexity index is 885. The molecule has 2 aromatic rings. The Morgan fingerprint density at radius 3 is 2.44 bits per heavy atom. The fourth-order valence-electron chi connectivity index (χ4n) is 3.18. The first kappa shape index (κ1) is 18.7. The van der Waals surface area contributed by atoms with Gasteiger partial charge in [-0.2, -0.15) is 0 Å². The molecule has 27 heavy (non-hydrogen) atoms. The van der Waals surface area contributed by atoms with Crippen molar-refractivity contribution in [2.45, 2.75) is 20.3 Å². The molecule has 3 rings (SSSR count). The maximum atomic E-state index is 12.8. The van der Waals surface area contributed by atoms with Gasteiger partial charge in [-0.1, -0.05) is 24.3 Å². The van der Waals surface area contributed by atoms with Crippen LogP contribution in [-0.4, -0.2) is 36.9 Å². The summed E-state index contributed by atoms with van der Waals surface area (Å²) in [7, 11) is 1.65. The molecule has 1 N–H and O–H groups in total. The first-order chi connectivity index (χ1) is 13.0. The summed E-state index contributed by atoms with van der Waals surface area (Å²) in [5.74, 6) is 0.667. The Labute approximate surface area is 159 Å². The van der Waals surface area contributed by atoms with Crippen LogP contribution in [0.5, 0.6) is 5.75 Å². The van der Waals surface area contributed by atoms with Crippen LogP contribution in [0, 0.1) is 6.92 Å². The Kier molecular flexibility index (Phi) is 5.60. The quantitative estimate of drug-likeness (QED) is 0.895. The molecule has 0 saturated carbocycles. The zero-order chi connectivity index (χ0) is 19.4. The number of rotatable bonds is 4. The highest BCUT2D eigenvalue weighted by atomic mass is 16.5. The second kappa shape index (κ2) is 8.08. The maximum absolute atomic E-state index is 12.8. The first-order valence-corrected chi connectivity index (χ1v) is 8.99. The van der Waals surface area contributed by atoms with E-state index < -0.39 is 0 Å². The molecule has 0 spiro atoms. The number of aryl methyl sites for hydroxylation is 1. The van der Waals surface area contributed by atoms with E-state index in [1.54, 1.807) is 13.2 Å². The highest BCUT2D eigenvalue weighted by molar-refractivity contribution is 5.97. The van der Waals surface area contributed by atoms with E-state index in [1.807, 2.05) is 48.2 Å². The minimum atomic E-state index is -0.146. The SMILES string of the molecule is COc1ccc(C2=CCN(C(=O)c3ccc(C)c(NC(C)=O)c3)CC2)cc1. The molecule has 0 radical (unpaired) electrons. The average molecular weight is 364 g/mol. The second-order valence-corrected chi connectivity index (χ2v) is 6.67. The van der Waals surface area contributed by atoms with Gasteiger partial charge >= 0.3 is 0 Å². The summed E-state index contributed by atoms with van der Waals surface area (Å²) in [6.07, 6.45) is 2.91. The van der Waals surface area contributed by atoms with Crippen LogP contribution in [0.3, 0.4) is 0 Å². The highest BCUT2D eigenvalue weighted by Gasteiger charge is 2.20. The first-order valence-electron chi connectivity index (χ1n) is 8.99. The molecule has 0 atom stereocenters. The number of methoxy groups -OCH3 is 1. The molecule has 0 saturated heterocycles. The summed E-state index contributed by atoms with van der Waals surface area (Å²) in [5.41, 5.74) is 4.60. The molecule has 5 nitrogen and oxygen atoms in total. The Hall–Kier alpha value is -3.08. The van der Waals surface area contributed by atoms with E-state index in [2.05, 4.69) is 11.4 Å². The van der Waals surface area contributed by atoms with E-state index in [9.17, 15) is 9.59 Å². The molecule has 2 aromatic carbocycles. The van der Waals surface area contributed by atoms with Gasteiger partial charge in [-0.15, -0.1) is 0 Å². The molecule has 140 valence electrons.